The third kappa shape index (κ3) is 6.87. The quantitative estimate of drug-likeness (QED) is 0.356. The maximum atomic E-state index is 12.2. The summed E-state index contributed by atoms with van der Waals surface area (Å²) in [5, 5.41) is 13.6. The highest BCUT2D eigenvalue weighted by molar-refractivity contribution is 5.90. The minimum absolute atomic E-state index is 0.125. The zero-order valence-electron chi connectivity index (χ0n) is 18.8. The van der Waals surface area contributed by atoms with Gasteiger partial charge in [-0.3, -0.25) is 14.5 Å². The molecule has 0 aliphatic rings. The molecule has 0 radical (unpaired) electrons. The number of benzene rings is 2. The third-order valence-electron chi connectivity index (χ3n) is 4.73. The molecular weight excluding hydrogens is 404 g/mol. The molecule has 0 bridgehead atoms. The van der Waals surface area contributed by atoms with E-state index in [2.05, 4.69) is 38.2 Å². The average Bonchev–Trinajstić information content (AvgIpc) is 3.28. The van der Waals surface area contributed by atoms with Crippen molar-refractivity contribution in [3.8, 4) is 5.75 Å². The van der Waals surface area contributed by atoms with Gasteiger partial charge in [-0.05, 0) is 49.2 Å². The Hall–Kier alpha value is -3.81. The van der Waals surface area contributed by atoms with Crippen molar-refractivity contribution in [3.05, 3.63) is 77.6 Å². The Morgan fingerprint density at radius 1 is 1.12 bits per heavy atom. The number of hydrogen-bond acceptors (Lipinski definition) is 4. The second-order valence-corrected chi connectivity index (χ2v) is 7.28. The molecule has 0 saturated heterocycles. The van der Waals surface area contributed by atoms with E-state index in [1.165, 1.54) is 0 Å². The summed E-state index contributed by atoms with van der Waals surface area (Å²) in [7, 11) is 1.74. The number of aromatic nitrogens is 2. The van der Waals surface area contributed by atoms with Crippen molar-refractivity contribution in [2.45, 2.75) is 33.5 Å². The summed E-state index contributed by atoms with van der Waals surface area (Å²) in [6.07, 6.45) is 3.41. The Labute approximate surface area is 188 Å². The molecule has 8 heteroatoms. The van der Waals surface area contributed by atoms with E-state index in [4.69, 9.17) is 4.74 Å². The Morgan fingerprint density at radius 3 is 2.72 bits per heavy atom. The highest BCUT2D eigenvalue weighted by Gasteiger charge is 2.07. The number of carbonyl (C=O) groups is 1. The molecular formula is C24H30N6O2. The van der Waals surface area contributed by atoms with Gasteiger partial charge >= 0.3 is 0 Å². The summed E-state index contributed by atoms with van der Waals surface area (Å²) in [5.41, 5.74) is 4.00. The van der Waals surface area contributed by atoms with Crippen LogP contribution in [-0.2, 0) is 24.4 Å². The van der Waals surface area contributed by atoms with Crippen molar-refractivity contribution in [1.82, 2.24) is 20.4 Å². The van der Waals surface area contributed by atoms with Crippen LogP contribution in [-0.4, -0.2) is 35.3 Å². The summed E-state index contributed by atoms with van der Waals surface area (Å²) in [6.45, 7) is 5.99. The fourth-order valence-electron chi connectivity index (χ4n) is 3.18. The normalized spacial score (nSPS) is 11.2. The first kappa shape index (κ1) is 22.9. The van der Waals surface area contributed by atoms with Crippen molar-refractivity contribution < 1.29 is 9.53 Å². The molecule has 1 aromatic heterocycles. The van der Waals surface area contributed by atoms with Crippen LogP contribution in [0.25, 0.3) is 0 Å². The molecule has 0 spiro atoms. The van der Waals surface area contributed by atoms with E-state index in [1.807, 2.05) is 44.2 Å². The second-order valence-electron chi connectivity index (χ2n) is 7.28. The lowest BCUT2D eigenvalue weighted by atomic mass is 10.1. The first-order chi connectivity index (χ1) is 15.6. The van der Waals surface area contributed by atoms with Gasteiger partial charge in [-0.15, -0.1) is 0 Å². The minimum Gasteiger partial charge on any atom is -0.494 e. The summed E-state index contributed by atoms with van der Waals surface area (Å²) in [4.78, 5) is 16.5. The van der Waals surface area contributed by atoms with Crippen LogP contribution in [0.4, 0.5) is 5.69 Å². The third-order valence-corrected chi connectivity index (χ3v) is 4.73. The molecule has 0 atom stereocenters. The molecule has 1 heterocycles. The van der Waals surface area contributed by atoms with Crippen LogP contribution >= 0.6 is 0 Å². The molecule has 0 aliphatic heterocycles. The van der Waals surface area contributed by atoms with Crippen molar-refractivity contribution in [2.24, 2.45) is 4.99 Å². The first-order valence-electron chi connectivity index (χ1n) is 10.6. The number of amides is 1. The van der Waals surface area contributed by atoms with Crippen LogP contribution in [0.1, 0.15) is 23.6 Å². The van der Waals surface area contributed by atoms with Gasteiger partial charge in [0.1, 0.15) is 12.3 Å². The molecule has 32 heavy (non-hydrogen) atoms. The number of guanidine groups is 1. The molecule has 3 N–H and O–H groups in total. The summed E-state index contributed by atoms with van der Waals surface area (Å²) >= 11 is 0. The number of aryl methyl sites for hydroxylation is 1. The zero-order chi connectivity index (χ0) is 22.8. The van der Waals surface area contributed by atoms with Gasteiger partial charge < -0.3 is 20.7 Å². The lowest BCUT2D eigenvalue weighted by Gasteiger charge is -2.15. The molecule has 3 rings (SSSR count). The van der Waals surface area contributed by atoms with E-state index in [0.717, 1.165) is 28.1 Å². The van der Waals surface area contributed by atoms with E-state index < -0.39 is 0 Å². The molecule has 2 aromatic carbocycles. The number of hydrogen-bond donors (Lipinski definition) is 3. The Bertz CT molecular complexity index is 1050. The van der Waals surface area contributed by atoms with Gasteiger partial charge in [0.25, 0.3) is 0 Å². The van der Waals surface area contributed by atoms with Crippen LogP contribution in [0, 0.1) is 6.92 Å². The lowest BCUT2D eigenvalue weighted by Crippen LogP contribution is -2.36. The average molecular weight is 435 g/mol. The molecule has 1 amide bonds. The number of nitrogens with zero attached hydrogens (tertiary/aromatic N) is 3. The van der Waals surface area contributed by atoms with E-state index >= 15 is 0 Å². The number of aliphatic imine (C=N–C) groups is 1. The predicted octanol–water partition coefficient (Wildman–Crippen LogP) is 3.09. The van der Waals surface area contributed by atoms with Gasteiger partial charge in [-0.1, -0.05) is 24.3 Å². The first-order valence-corrected chi connectivity index (χ1v) is 10.6. The van der Waals surface area contributed by atoms with Crippen molar-refractivity contribution >= 4 is 17.6 Å². The Balaban J connectivity index is 1.53. The number of rotatable bonds is 9. The second kappa shape index (κ2) is 11.5. The van der Waals surface area contributed by atoms with Crippen molar-refractivity contribution in [3.63, 3.8) is 0 Å². The highest BCUT2D eigenvalue weighted by atomic mass is 16.5. The molecule has 0 saturated carbocycles. The molecule has 0 fully saturated rings. The SMILES string of the molecule is CCOc1cc(C)ccc1CNC(=NC)NCc1cccc(NC(=O)Cn2cccn2)c1. The molecule has 8 nitrogen and oxygen atoms in total. The van der Waals surface area contributed by atoms with Crippen LogP contribution in [0.15, 0.2) is 65.9 Å². The van der Waals surface area contributed by atoms with Gasteiger partial charge in [0, 0.05) is 43.8 Å². The fourth-order valence-corrected chi connectivity index (χ4v) is 3.18. The van der Waals surface area contributed by atoms with E-state index in [1.54, 1.807) is 30.2 Å². The lowest BCUT2D eigenvalue weighted by molar-refractivity contribution is -0.116. The summed E-state index contributed by atoms with van der Waals surface area (Å²) < 4.78 is 7.34. The maximum absolute atomic E-state index is 12.2. The van der Waals surface area contributed by atoms with Crippen LogP contribution in [0.5, 0.6) is 5.75 Å². The Morgan fingerprint density at radius 2 is 1.97 bits per heavy atom. The van der Waals surface area contributed by atoms with E-state index in [0.29, 0.717) is 25.7 Å². The van der Waals surface area contributed by atoms with Gasteiger partial charge in [-0.2, -0.15) is 5.10 Å². The van der Waals surface area contributed by atoms with Gasteiger partial charge in [-0.25, -0.2) is 0 Å². The monoisotopic (exact) mass is 434 g/mol. The summed E-state index contributed by atoms with van der Waals surface area (Å²) in [5.74, 6) is 1.44. The molecule has 168 valence electrons. The number of ether oxygens (including phenoxy) is 1. The van der Waals surface area contributed by atoms with Gasteiger partial charge in [0.05, 0.1) is 6.61 Å². The topological polar surface area (TPSA) is 92.6 Å². The van der Waals surface area contributed by atoms with Gasteiger partial charge in [0.15, 0.2) is 5.96 Å². The predicted molar refractivity (Wildman–Crippen MR) is 127 cm³/mol. The fraction of sp³-hybridized carbons (Fsp3) is 0.292. The molecule has 0 unspecified atom stereocenters. The molecule has 3 aromatic rings. The van der Waals surface area contributed by atoms with Crippen LogP contribution in [0.2, 0.25) is 0 Å². The number of nitrogens with one attached hydrogen (secondary N) is 3. The number of anilines is 1. The van der Waals surface area contributed by atoms with Gasteiger partial charge in [0.2, 0.25) is 5.91 Å². The highest BCUT2D eigenvalue weighted by Crippen LogP contribution is 2.20. The zero-order valence-corrected chi connectivity index (χ0v) is 18.8. The standard InChI is InChI=1S/C24H30N6O2/c1-4-32-22-13-18(2)9-10-20(22)16-27-24(25-3)26-15-19-7-5-8-21(14-19)29-23(31)17-30-12-6-11-28-30/h5-14H,4,15-17H2,1-3H3,(H,29,31)(H2,25,26,27). The summed E-state index contributed by atoms with van der Waals surface area (Å²) in [6, 6.07) is 15.7. The van der Waals surface area contributed by atoms with Crippen LogP contribution < -0.4 is 20.7 Å². The number of carbonyl (C=O) groups excluding carboxylic acids is 1. The molecule has 0 aliphatic carbocycles. The van der Waals surface area contributed by atoms with E-state index in [-0.39, 0.29) is 12.5 Å². The smallest absolute Gasteiger partial charge is 0.246 e. The largest absolute Gasteiger partial charge is 0.494 e. The maximum Gasteiger partial charge on any atom is 0.246 e. The Kier molecular flexibility index (Phi) is 8.25. The van der Waals surface area contributed by atoms with Crippen molar-refractivity contribution in [1.29, 1.82) is 0 Å². The van der Waals surface area contributed by atoms with Crippen LogP contribution in [0.3, 0.4) is 0 Å². The van der Waals surface area contributed by atoms with E-state index in [9.17, 15) is 4.79 Å². The van der Waals surface area contributed by atoms with Crippen molar-refractivity contribution in [2.75, 3.05) is 19.0 Å². The minimum atomic E-state index is -0.125.